The van der Waals surface area contributed by atoms with Gasteiger partial charge in [-0.3, -0.25) is 0 Å². The Labute approximate surface area is 181 Å². The van der Waals surface area contributed by atoms with E-state index < -0.39 is 0 Å². The number of hydrogen-bond donors (Lipinski definition) is 0. The van der Waals surface area contributed by atoms with E-state index in [9.17, 15) is 0 Å². The summed E-state index contributed by atoms with van der Waals surface area (Å²) >= 11 is 0. The van der Waals surface area contributed by atoms with Crippen molar-refractivity contribution >= 4 is 0 Å². The molecule has 0 saturated carbocycles. The van der Waals surface area contributed by atoms with Crippen molar-refractivity contribution in [3.05, 3.63) is 0 Å². The topological polar surface area (TPSA) is 0 Å². The van der Waals surface area contributed by atoms with E-state index in [1.54, 1.807) is 0 Å². The summed E-state index contributed by atoms with van der Waals surface area (Å²) in [5.74, 6) is 0. The third-order valence-corrected chi connectivity index (χ3v) is 6.90. The van der Waals surface area contributed by atoms with Gasteiger partial charge in [0, 0.05) is 0 Å². The molecule has 0 aliphatic rings. The lowest BCUT2D eigenvalue weighted by Gasteiger charge is -2.30. The minimum atomic E-state index is 0.637. The van der Waals surface area contributed by atoms with Crippen LogP contribution in [0.25, 0.3) is 0 Å². The molecule has 0 aromatic heterocycles. The quantitative estimate of drug-likeness (QED) is 0.151. The molecule has 0 aliphatic heterocycles. The summed E-state index contributed by atoms with van der Waals surface area (Å²) in [6.07, 6.45) is 33.5. The summed E-state index contributed by atoms with van der Waals surface area (Å²) in [6.45, 7) is 9.59. The van der Waals surface area contributed by atoms with Crippen LogP contribution in [0.5, 0.6) is 0 Å². The van der Waals surface area contributed by atoms with Crippen LogP contribution in [0.2, 0.25) is 0 Å². The molecule has 0 heteroatoms. The molecule has 0 aromatic rings. The van der Waals surface area contributed by atoms with Gasteiger partial charge < -0.3 is 0 Å². The van der Waals surface area contributed by atoms with E-state index in [1.807, 2.05) is 0 Å². The lowest BCUT2D eigenvalue weighted by atomic mass is 9.75. The summed E-state index contributed by atoms with van der Waals surface area (Å²) in [7, 11) is 0. The molecule has 28 heavy (non-hydrogen) atoms. The van der Waals surface area contributed by atoms with E-state index in [-0.39, 0.29) is 0 Å². The van der Waals surface area contributed by atoms with Gasteiger partial charge in [0.1, 0.15) is 0 Å². The zero-order valence-corrected chi connectivity index (χ0v) is 20.8. The number of unbranched alkanes of at least 4 members (excludes halogenated alkanes) is 17. The summed E-state index contributed by atoms with van der Waals surface area (Å²) in [6, 6.07) is 0. The Morgan fingerprint density at radius 1 is 0.321 bits per heavy atom. The Hall–Kier alpha value is 0. The largest absolute Gasteiger partial charge is 0.0654 e. The highest BCUT2D eigenvalue weighted by atomic mass is 14.3. The van der Waals surface area contributed by atoms with Gasteiger partial charge in [-0.2, -0.15) is 0 Å². The first-order chi connectivity index (χ1) is 13.7. The fraction of sp³-hybridized carbons (Fsp3) is 1.00. The third kappa shape index (κ3) is 19.3. The van der Waals surface area contributed by atoms with Gasteiger partial charge in [0.2, 0.25) is 0 Å². The van der Waals surface area contributed by atoms with Gasteiger partial charge in [0.25, 0.3) is 0 Å². The van der Waals surface area contributed by atoms with Crippen molar-refractivity contribution < 1.29 is 0 Å². The highest BCUT2D eigenvalue weighted by Gasteiger charge is 2.22. The first-order valence-corrected chi connectivity index (χ1v) is 13.7. The predicted molar refractivity (Wildman–Crippen MR) is 131 cm³/mol. The fourth-order valence-corrected chi connectivity index (χ4v) is 4.72. The van der Waals surface area contributed by atoms with Crippen LogP contribution < -0.4 is 0 Å². The van der Waals surface area contributed by atoms with Gasteiger partial charge in [-0.1, -0.05) is 156 Å². The van der Waals surface area contributed by atoms with E-state index in [0.29, 0.717) is 5.41 Å². The van der Waals surface area contributed by atoms with E-state index in [1.165, 1.54) is 148 Å². The SMILES string of the molecule is CCCCCCCCCCC(C)(CCCCCCCC)CCCCCCCC. The van der Waals surface area contributed by atoms with Crippen molar-refractivity contribution in [2.45, 2.75) is 175 Å². The fourth-order valence-electron chi connectivity index (χ4n) is 4.72. The Morgan fingerprint density at radius 2 is 0.536 bits per heavy atom. The lowest BCUT2D eigenvalue weighted by Crippen LogP contribution is -2.16. The molecule has 0 aliphatic carbocycles. The zero-order chi connectivity index (χ0) is 20.8. The second-order valence-electron chi connectivity index (χ2n) is 10.1. The van der Waals surface area contributed by atoms with Crippen LogP contribution in [0.15, 0.2) is 0 Å². The molecular formula is C28H58. The van der Waals surface area contributed by atoms with Crippen LogP contribution in [0.3, 0.4) is 0 Å². The average Bonchev–Trinajstić information content (AvgIpc) is 2.69. The maximum atomic E-state index is 2.63. The Morgan fingerprint density at radius 3 is 0.786 bits per heavy atom. The van der Waals surface area contributed by atoms with Crippen LogP contribution in [-0.4, -0.2) is 0 Å². The lowest BCUT2D eigenvalue weighted by molar-refractivity contribution is 0.222. The summed E-state index contributed by atoms with van der Waals surface area (Å²) in [4.78, 5) is 0. The van der Waals surface area contributed by atoms with Gasteiger partial charge in [0.15, 0.2) is 0 Å². The van der Waals surface area contributed by atoms with E-state index in [2.05, 4.69) is 27.7 Å². The van der Waals surface area contributed by atoms with Crippen molar-refractivity contribution in [2.75, 3.05) is 0 Å². The van der Waals surface area contributed by atoms with Crippen molar-refractivity contribution in [2.24, 2.45) is 5.41 Å². The van der Waals surface area contributed by atoms with Gasteiger partial charge in [-0.25, -0.2) is 0 Å². The Bertz CT molecular complexity index is 264. The highest BCUT2D eigenvalue weighted by Crippen LogP contribution is 2.37. The Kier molecular flexibility index (Phi) is 21.7. The smallest absolute Gasteiger partial charge is 0.0326 e. The minimum Gasteiger partial charge on any atom is -0.0654 e. The monoisotopic (exact) mass is 394 g/mol. The second kappa shape index (κ2) is 21.7. The molecule has 0 amide bonds. The van der Waals surface area contributed by atoms with Crippen molar-refractivity contribution in [1.82, 2.24) is 0 Å². The molecule has 0 fully saturated rings. The average molecular weight is 395 g/mol. The molecule has 0 saturated heterocycles. The van der Waals surface area contributed by atoms with E-state index in [0.717, 1.165) is 0 Å². The predicted octanol–water partition coefficient (Wildman–Crippen LogP) is 11.0. The standard InChI is InChI=1S/C28H58/c1-5-8-11-14-17-18-21-24-27-28(4,25-22-19-15-12-9-6-2)26-23-20-16-13-10-7-3/h5-27H2,1-4H3. The Balaban J connectivity index is 4.01. The molecule has 0 N–H and O–H groups in total. The van der Waals surface area contributed by atoms with Crippen molar-refractivity contribution in [1.29, 1.82) is 0 Å². The number of hydrogen-bond acceptors (Lipinski definition) is 0. The zero-order valence-electron chi connectivity index (χ0n) is 20.8. The molecular weight excluding hydrogens is 336 g/mol. The van der Waals surface area contributed by atoms with Gasteiger partial charge in [0.05, 0.1) is 0 Å². The molecule has 0 rings (SSSR count). The normalized spacial score (nSPS) is 12.0. The summed E-state index contributed by atoms with van der Waals surface area (Å²) in [5.41, 5.74) is 0.637. The van der Waals surface area contributed by atoms with Crippen LogP contribution in [0.4, 0.5) is 0 Å². The molecule has 0 unspecified atom stereocenters. The highest BCUT2D eigenvalue weighted by molar-refractivity contribution is 4.75. The summed E-state index contributed by atoms with van der Waals surface area (Å²) < 4.78 is 0. The molecule has 0 spiro atoms. The minimum absolute atomic E-state index is 0.637. The molecule has 170 valence electrons. The van der Waals surface area contributed by atoms with Gasteiger partial charge in [-0.15, -0.1) is 0 Å². The third-order valence-electron chi connectivity index (χ3n) is 6.90. The van der Waals surface area contributed by atoms with Crippen LogP contribution in [0, 0.1) is 5.41 Å². The van der Waals surface area contributed by atoms with Crippen molar-refractivity contribution in [3.8, 4) is 0 Å². The van der Waals surface area contributed by atoms with Crippen LogP contribution >= 0.6 is 0 Å². The second-order valence-corrected chi connectivity index (χ2v) is 10.1. The van der Waals surface area contributed by atoms with E-state index in [4.69, 9.17) is 0 Å². The molecule has 0 nitrogen and oxygen atoms in total. The number of rotatable bonds is 23. The molecule has 0 atom stereocenters. The molecule has 0 radical (unpaired) electrons. The first kappa shape index (κ1) is 28.0. The maximum Gasteiger partial charge on any atom is -0.0326 e. The van der Waals surface area contributed by atoms with Crippen LogP contribution in [0.1, 0.15) is 175 Å². The van der Waals surface area contributed by atoms with Crippen LogP contribution in [-0.2, 0) is 0 Å². The van der Waals surface area contributed by atoms with E-state index >= 15 is 0 Å². The first-order valence-electron chi connectivity index (χ1n) is 13.7. The van der Waals surface area contributed by atoms with Gasteiger partial charge >= 0.3 is 0 Å². The molecule has 0 bridgehead atoms. The molecule has 0 heterocycles. The molecule has 0 aromatic carbocycles. The summed E-state index contributed by atoms with van der Waals surface area (Å²) in [5, 5.41) is 0. The van der Waals surface area contributed by atoms with Gasteiger partial charge in [-0.05, 0) is 24.7 Å². The van der Waals surface area contributed by atoms with Crippen molar-refractivity contribution in [3.63, 3.8) is 0 Å². The maximum absolute atomic E-state index is 2.63.